The minimum absolute atomic E-state index is 0.00768. The summed E-state index contributed by atoms with van der Waals surface area (Å²) in [6.45, 7) is 16.1. The van der Waals surface area contributed by atoms with Crippen LogP contribution in [-0.4, -0.2) is 203 Å². The molecule has 1 aromatic heterocycles. The molecule has 0 bridgehead atoms. The van der Waals surface area contributed by atoms with Crippen LogP contribution in [0.3, 0.4) is 0 Å². The van der Waals surface area contributed by atoms with E-state index in [2.05, 4.69) is 63.7 Å². The highest BCUT2D eigenvalue weighted by Gasteiger charge is 2.39. The van der Waals surface area contributed by atoms with Crippen molar-refractivity contribution in [2.24, 2.45) is 23.1 Å². The number of ketones is 10. The van der Waals surface area contributed by atoms with Crippen molar-refractivity contribution in [3.63, 3.8) is 0 Å². The number of phenolic OH excluding ortho intramolecular Hbond substituents is 1. The number of phenols is 1. The van der Waals surface area contributed by atoms with E-state index in [1.165, 1.54) is 19.1 Å². The van der Waals surface area contributed by atoms with Crippen LogP contribution in [0, 0.1) is 5.92 Å². The van der Waals surface area contributed by atoms with E-state index in [0.29, 0.717) is 43.2 Å². The molecule has 2 heterocycles. The van der Waals surface area contributed by atoms with Gasteiger partial charge in [-0.25, -0.2) is 10.9 Å². The molecule has 600 valence electrons. The number of nitrogens with two attached hydrogens (primary N) is 3. The van der Waals surface area contributed by atoms with Crippen molar-refractivity contribution in [1.29, 1.82) is 0 Å². The Balaban J connectivity index is 1.57. The van der Waals surface area contributed by atoms with Gasteiger partial charge in [-0.15, -0.1) is 0 Å². The minimum atomic E-state index is -1.59. The Morgan fingerprint density at radius 2 is 1.28 bits per heavy atom. The predicted octanol–water partition coefficient (Wildman–Crippen LogP) is 2.73. The molecule has 29 heteroatoms. The number of aromatic nitrogens is 1. The summed E-state index contributed by atoms with van der Waals surface area (Å²) in [4.78, 5) is 182. The number of hydrogen-bond donors (Lipinski definition) is 16. The quantitative estimate of drug-likeness (QED) is 0.0250. The molecule has 4 rings (SSSR count). The first-order valence-corrected chi connectivity index (χ1v) is 38.5. The third-order valence-corrected chi connectivity index (χ3v) is 20.1. The van der Waals surface area contributed by atoms with Gasteiger partial charge in [0.25, 0.3) is 0 Å². The number of aromatic hydroxyl groups is 1. The summed E-state index contributed by atoms with van der Waals surface area (Å²) >= 11 is 0. The number of aromatic amines is 1. The van der Waals surface area contributed by atoms with Gasteiger partial charge in [-0.05, 0) is 148 Å². The van der Waals surface area contributed by atoms with Crippen LogP contribution in [0.5, 0.6) is 5.75 Å². The lowest BCUT2D eigenvalue weighted by Gasteiger charge is -2.33. The van der Waals surface area contributed by atoms with Crippen LogP contribution in [0.15, 0.2) is 66.9 Å². The zero-order valence-electron chi connectivity index (χ0n) is 65.3. The normalized spacial score (nSPS) is 24.2. The summed E-state index contributed by atoms with van der Waals surface area (Å²) in [6, 6.07) is 4.23. The Labute approximate surface area is 636 Å². The number of primary amides is 1. The molecule has 2 aromatic carbocycles. The number of hydrogen-bond acceptors (Lipinski definition) is 25. The van der Waals surface area contributed by atoms with Gasteiger partial charge in [0.05, 0.1) is 111 Å². The Kier molecular flexibility index (Phi) is 41.1. The number of benzene rings is 2. The molecule has 108 heavy (non-hydrogen) atoms. The lowest BCUT2D eigenvalue weighted by molar-refractivity contribution is -0.136. The third kappa shape index (κ3) is 33.2. The average molecular weight is 1510 g/mol. The molecule has 1 aliphatic rings. The summed E-state index contributed by atoms with van der Waals surface area (Å²) in [6.07, 6.45) is 11.8. The molecule has 0 saturated carbocycles. The molecule has 3 aromatic rings. The molecule has 0 fully saturated rings. The van der Waals surface area contributed by atoms with Crippen molar-refractivity contribution in [3.05, 3.63) is 78.0 Å². The van der Waals surface area contributed by atoms with E-state index in [9.17, 15) is 67.4 Å². The molecule has 19 N–H and O–H groups in total. The third-order valence-electron chi connectivity index (χ3n) is 20.1. The van der Waals surface area contributed by atoms with E-state index >= 15 is 0 Å². The molecular formula is C79H125N15O14. The fraction of sp³-hybridized carbons (Fsp3) is 0.633. The first-order chi connectivity index (χ1) is 51.2. The molecule has 3 amide bonds. The van der Waals surface area contributed by atoms with Crippen molar-refractivity contribution in [3.8, 4) is 5.75 Å². The van der Waals surface area contributed by atoms with E-state index < -0.39 is 138 Å². The van der Waals surface area contributed by atoms with Crippen molar-refractivity contribution >= 4 is 86.5 Å². The molecule has 0 aliphatic carbocycles. The number of Topliss-reactive ketones (excluding diaryl/α,β-unsaturated/α-hetero) is 10. The predicted molar refractivity (Wildman–Crippen MR) is 416 cm³/mol. The summed E-state index contributed by atoms with van der Waals surface area (Å²) in [5, 5.41) is 37.9. The number of unbranched alkanes of at least 4 members (excludes halogenated alkanes) is 1. The number of carbonyl (C=O) groups is 13. The highest BCUT2D eigenvalue weighted by molar-refractivity contribution is 6.07. The second-order valence-electron chi connectivity index (χ2n) is 29.9. The topological polar surface area (TPSA) is 468 Å². The highest BCUT2D eigenvalue weighted by atomic mass is 16.3. The van der Waals surface area contributed by atoms with Gasteiger partial charge in [0, 0.05) is 49.6 Å². The van der Waals surface area contributed by atoms with Crippen LogP contribution in [0.25, 0.3) is 10.9 Å². The summed E-state index contributed by atoms with van der Waals surface area (Å²) in [5.41, 5.74) is 22.8. The molecule has 0 spiro atoms. The van der Waals surface area contributed by atoms with Crippen LogP contribution in [-0.2, 0) is 75.2 Å². The first kappa shape index (κ1) is 92.6. The van der Waals surface area contributed by atoms with Gasteiger partial charge < -0.3 is 59.2 Å². The number of hydrazine groups is 1. The van der Waals surface area contributed by atoms with Gasteiger partial charge in [-0.2, -0.15) is 0 Å². The number of para-hydroxylation sites is 1. The van der Waals surface area contributed by atoms with Gasteiger partial charge in [-0.3, -0.25) is 78.3 Å². The Hall–Kier alpha value is -7.81. The maximum absolute atomic E-state index is 14.7. The maximum Gasteiger partial charge on any atom is 0.239 e. The first-order valence-electron chi connectivity index (χ1n) is 38.5. The van der Waals surface area contributed by atoms with Gasteiger partial charge >= 0.3 is 0 Å². The zero-order chi connectivity index (χ0) is 80.1. The van der Waals surface area contributed by atoms with E-state index in [-0.39, 0.29) is 125 Å². The number of rotatable bonds is 31. The average Bonchev–Trinajstić information content (AvgIpc) is 1.61. The molecule has 1 aliphatic heterocycles. The van der Waals surface area contributed by atoms with Crippen molar-refractivity contribution in [1.82, 2.24) is 63.7 Å². The fourth-order valence-corrected chi connectivity index (χ4v) is 12.4. The maximum atomic E-state index is 14.7. The van der Waals surface area contributed by atoms with E-state index in [1.807, 2.05) is 57.2 Å². The number of amides is 3. The molecule has 12 atom stereocenters. The lowest BCUT2D eigenvalue weighted by Crippen LogP contribution is -2.61. The van der Waals surface area contributed by atoms with Gasteiger partial charge in [0.15, 0.2) is 57.8 Å². The van der Waals surface area contributed by atoms with Crippen LogP contribution in [0.2, 0.25) is 0 Å². The Bertz CT molecular complexity index is 3490. The van der Waals surface area contributed by atoms with Crippen LogP contribution in [0.1, 0.15) is 196 Å². The SMILES string of the molecule is CCCC[C@H](NCN[C@@H](C)C(=O)CCN[C@@H](C)C(=O)CC(=O)[C@]1(C)CCC/C=C/CCCCCC[C@@](C)(N)C(=O)CN[C@@H](C)C(=O)CN[C@@H](Cc2ccc(O)cc2)C(=O)N[C@@H](Cc2c[nH]c3ccccc23)C(=O)CC(=O)[C@H](C)NCC(=O)[C@H](CCC(N)=O)NN[C@@H](CC(C)C)C(=O)N1)C(=O)CN[C@@H](C)C(=O)CN. The standard InChI is InChI=1S/C79H125N15O14/c1-11-12-25-60(71(102)45-85-53(7)69(100)42-80)90-48-89-50(4)65(96)33-36-83-51(5)67(98)41-73(104)79(10)35-23-19-17-15-13-14-16-18-22-34-78(9,82)74(105)47-86-54(8)70(101)44-88-63(38-55-27-29-57(95)30-28-55)76(107)91-62(39-56-43-87-59-26-21-20-24-58(56)59)68(99)40-66(97)52(6)84-46-72(103)61(31-32-75(81)106)93-94-64(37-49(2)3)77(108)92-79/h15,17,20-21,24,26-30,43,49-54,60-64,83-90,93-95H,11-14,16,18-19,22-23,25,31-42,44-48,80,82H2,1-10H3,(H2,81,106)(H,91,107)(H,92,108)/b17-15+/t50-,51-,52-,53-,54-,60-,61-,62-,63-,64-,78+,79-/m0/s1. The second kappa shape index (κ2) is 48.0. The largest absolute Gasteiger partial charge is 0.508 e. The summed E-state index contributed by atoms with van der Waals surface area (Å²) in [7, 11) is 0. The van der Waals surface area contributed by atoms with E-state index in [4.69, 9.17) is 17.2 Å². The van der Waals surface area contributed by atoms with Crippen molar-refractivity contribution < 1.29 is 67.4 Å². The van der Waals surface area contributed by atoms with Crippen molar-refractivity contribution in [2.45, 2.75) is 269 Å². The molecule has 0 unspecified atom stereocenters. The van der Waals surface area contributed by atoms with E-state index in [1.54, 1.807) is 59.9 Å². The lowest BCUT2D eigenvalue weighted by atomic mass is 9.86. The van der Waals surface area contributed by atoms with Crippen molar-refractivity contribution in [2.75, 3.05) is 45.9 Å². The molecule has 0 saturated heterocycles. The number of fused-ring (bicyclic) bond motifs is 1. The van der Waals surface area contributed by atoms with Crippen LogP contribution in [0.4, 0.5) is 0 Å². The van der Waals surface area contributed by atoms with Gasteiger partial charge in [0.2, 0.25) is 17.7 Å². The highest BCUT2D eigenvalue weighted by Crippen LogP contribution is 2.23. The molecule has 0 radical (unpaired) electrons. The monoisotopic (exact) mass is 1510 g/mol. The smallest absolute Gasteiger partial charge is 0.239 e. The summed E-state index contributed by atoms with van der Waals surface area (Å²) < 4.78 is 0. The Morgan fingerprint density at radius 3 is 1.96 bits per heavy atom. The zero-order valence-corrected chi connectivity index (χ0v) is 65.3. The molecule has 29 nitrogen and oxygen atoms in total. The second-order valence-corrected chi connectivity index (χ2v) is 29.9. The molecular weight excluding hydrogens is 1380 g/mol. The number of allylic oxidation sites excluding steroid dienone is 2. The van der Waals surface area contributed by atoms with Gasteiger partial charge in [-0.1, -0.05) is 95.4 Å². The number of nitrogens with one attached hydrogen (secondary N) is 12. The fourth-order valence-electron chi connectivity index (χ4n) is 12.4. The van der Waals surface area contributed by atoms with Crippen LogP contribution < -0.4 is 75.9 Å². The van der Waals surface area contributed by atoms with E-state index in [0.717, 1.165) is 49.4 Å². The minimum Gasteiger partial charge on any atom is -0.508 e. The number of H-pyrrole nitrogens is 1. The number of carbonyl (C=O) groups excluding carboxylic acids is 13. The summed E-state index contributed by atoms with van der Waals surface area (Å²) in [5.74, 6) is -6.21. The van der Waals surface area contributed by atoms with Gasteiger partial charge in [0.1, 0.15) is 11.8 Å². The Morgan fingerprint density at radius 1 is 0.639 bits per heavy atom. The van der Waals surface area contributed by atoms with Crippen LogP contribution >= 0.6 is 0 Å².